The third kappa shape index (κ3) is 6.01. The van der Waals surface area contributed by atoms with Crippen molar-refractivity contribution < 1.29 is 29.7 Å². The lowest BCUT2D eigenvalue weighted by Crippen LogP contribution is -2.57. The van der Waals surface area contributed by atoms with Gasteiger partial charge in [0.25, 0.3) is 0 Å². The van der Waals surface area contributed by atoms with Crippen LogP contribution in [0.25, 0.3) is 11.1 Å². The van der Waals surface area contributed by atoms with Gasteiger partial charge in [0.05, 0.1) is 12.1 Å². The Morgan fingerprint density at radius 2 is 1.76 bits per heavy atom. The minimum Gasteiger partial charge on any atom is -0.508 e. The molecule has 0 aliphatic carbocycles. The molecule has 2 aromatic carbocycles. The Labute approximate surface area is 195 Å². The van der Waals surface area contributed by atoms with Gasteiger partial charge in [-0.1, -0.05) is 12.1 Å². The molecule has 2 aromatic rings. The van der Waals surface area contributed by atoms with Crippen molar-refractivity contribution in [1.29, 1.82) is 0 Å². The number of fused-ring (bicyclic) bond motifs is 5. The molecule has 0 aromatic heterocycles. The minimum absolute atomic E-state index is 0.0347. The second-order valence-electron chi connectivity index (χ2n) is 8.40. The number of benzene rings is 2. The molecule has 11 nitrogen and oxygen atoms in total. The Kier molecular flexibility index (Phi) is 7.72. The zero-order valence-corrected chi connectivity index (χ0v) is 18.4. The summed E-state index contributed by atoms with van der Waals surface area (Å²) in [4.78, 5) is 37.8. The Morgan fingerprint density at radius 1 is 1.03 bits per heavy atom. The molecule has 11 N–H and O–H groups in total. The molecule has 0 spiro atoms. The highest BCUT2D eigenvalue weighted by atomic mass is 16.3. The van der Waals surface area contributed by atoms with Gasteiger partial charge in [0.1, 0.15) is 23.6 Å². The first kappa shape index (κ1) is 25.0. The van der Waals surface area contributed by atoms with Gasteiger partial charge in [-0.3, -0.25) is 14.4 Å². The summed E-state index contributed by atoms with van der Waals surface area (Å²) in [7, 11) is 0. The molecule has 4 atom stereocenters. The number of rotatable bonds is 4. The number of amides is 3. The normalized spacial score (nSPS) is 22.0. The Balaban J connectivity index is 2.09. The molecule has 4 bridgehead atoms. The summed E-state index contributed by atoms with van der Waals surface area (Å²) in [5, 5.41) is 35.5. The van der Waals surface area contributed by atoms with Gasteiger partial charge in [-0.2, -0.15) is 0 Å². The van der Waals surface area contributed by atoms with Gasteiger partial charge in [0.2, 0.25) is 17.7 Å². The molecule has 0 fully saturated rings. The number of aliphatic hydroxyl groups is 1. The molecule has 0 saturated heterocycles. The molecular weight excluding hydrogens is 442 g/mol. The lowest BCUT2D eigenvalue weighted by molar-refractivity contribution is -0.132. The number of nitrogens with two attached hydrogens (primary N) is 3. The van der Waals surface area contributed by atoms with E-state index in [4.69, 9.17) is 17.2 Å². The van der Waals surface area contributed by atoms with Crippen LogP contribution in [0.3, 0.4) is 0 Å². The minimum atomic E-state index is -1.25. The number of phenols is 2. The van der Waals surface area contributed by atoms with E-state index in [1.807, 2.05) is 0 Å². The fraction of sp³-hybridized carbons (Fsp3) is 0.348. The summed E-state index contributed by atoms with van der Waals surface area (Å²) in [6.45, 7) is -0.155. The van der Waals surface area contributed by atoms with Crippen LogP contribution in [0.5, 0.6) is 11.5 Å². The maximum Gasteiger partial charge on any atom is 0.243 e. The maximum atomic E-state index is 13.0. The standard InChI is InChI=1S/C23H29N5O6/c24-10-16(30)9-19-23(34)27-18(21(26)32)5-11-3-13(7-15(29)4-11)12-1-2-20(31)14(6-12)8-17(25)22(33)28-19/h1-4,6-7,16-19,29-31H,5,8-10,24-25H2,(H2,26,32)(H,27,34)(H,28,33)/t16-,17+,18+,19+/m1/s1. The third-order valence-electron chi connectivity index (χ3n) is 5.68. The molecule has 0 unspecified atom stereocenters. The number of phenolic OH excluding ortho intramolecular Hbond substituents is 2. The van der Waals surface area contributed by atoms with Crippen molar-refractivity contribution in [1.82, 2.24) is 10.6 Å². The fourth-order valence-corrected chi connectivity index (χ4v) is 3.83. The van der Waals surface area contributed by atoms with Crippen LogP contribution in [0.2, 0.25) is 0 Å². The Bertz CT molecular complexity index is 1090. The number of primary amides is 1. The number of carbonyl (C=O) groups is 3. The summed E-state index contributed by atoms with van der Waals surface area (Å²) >= 11 is 0. The van der Waals surface area contributed by atoms with Gasteiger partial charge >= 0.3 is 0 Å². The van der Waals surface area contributed by atoms with E-state index in [0.717, 1.165) is 0 Å². The predicted octanol–water partition coefficient (Wildman–Crippen LogP) is -1.64. The van der Waals surface area contributed by atoms with E-state index in [1.165, 1.54) is 18.2 Å². The number of carbonyl (C=O) groups excluding carboxylic acids is 3. The van der Waals surface area contributed by atoms with Gasteiger partial charge in [0.15, 0.2) is 0 Å². The van der Waals surface area contributed by atoms with Crippen LogP contribution >= 0.6 is 0 Å². The van der Waals surface area contributed by atoms with Gasteiger partial charge < -0.3 is 43.2 Å². The second kappa shape index (κ2) is 10.5. The number of nitrogens with one attached hydrogen (secondary N) is 2. The number of aliphatic hydroxyl groups excluding tert-OH is 1. The van der Waals surface area contributed by atoms with Crippen molar-refractivity contribution in [2.45, 2.75) is 43.5 Å². The third-order valence-corrected chi connectivity index (χ3v) is 5.68. The van der Waals surface area contributed by atoms with E-state index in [1.54, 1.807) is 18.2 Å². The van der Waals surface area contributed by atoms with Gasteiger partial charge in [-0.15, -0.1) is 0 Å². The first-order valence-corrected chi connectivity index (χ1v) is 10.8. The topological polar surface area (TPSA) is 214 Å². The average Bonchev–Trinajstić information content (AvgIpc) is 2.78. The molecule has 1 heterocycles. The van der Waals surface area contributed by atoms with Crippen LogP contribution in [-0.4, -0.2) is 63.8 Å². The SMILES string of the molecule is NC[C@H](O)C[C@@H]1NC(=O)[C@@H](N)Cc2cc(ccc2O)-c2cc(O)cc(c2)C[C@@H](C(N)=O)NC1=O. The molecule has 11 heteroatoms. The summed E-state index contributed by atoms with van der Waals surface area (Å²) < 4.78 is 0. The zero-order valence-electron chi connectivity index (χ0n) is 18.4. The molecule has 3 amide bonds. The van der Waals surface area contributed by atoms with Gasteiger partial charge in [-0.25, -0.2) is 0 Å². The summed E-state index contributed by atoms with van der Waals surface area (Å²) in [6.07, 6.45) is -1.40. The molecule has 34 heavy (non-hydrogen) atoms. The van der Waals surface area contributed by atoms with E-state index in [9.17, 15) is 29.7 Å². The summed E-state index contributed by atoms with van der Waals surface area (Å²) in [5.41, 5.74) is 19.1. The van der Waals surface area contributed by atoms with Crippen molar-refractivity contribution in [3.63, 3.8) is 0 Å². The van der Waals surface area contributed by atoms with Crippen molar-refractivity contribution in [2.75, 3.05) is 6.54 Å². The van der Waals surface area contributed by atoms with Crippen LogP contribution in [0.15, 0.2) is 36.4 Å². The quantitative estimate of drug-likeness (QED) is 0.258. The molecule has 1 aliphatic heterocycles. The highest BCUT2D eigenvalue weighted by molar-refractivity contribution is 5.93. The monoisotopic (exact) mass is 471 g/mol. The van der Waals surface area contributed by atoms with Crippen molar-refractivity contribution in [3.8, 4) is 22.6 Å². The van der Waals surface area contributed by atoms with Crippen LogP contribution in [0.1, 0.15) is 17.5 Å². The van der Waals surface area contributed by atoms with Crippen LogP contribution in [0.4, 0.5) is 0 Å². The van der Waals surface area contributed by atoms with Crippen LogP contribution < -0.4 is 27.8 Å². The van der Waals surface area contributed by atoms with E-state index >= 15 is 0 Å². The first-order valence-electron chi connectivity index (χ1n) is 10.8. The number of hydrogen-bond donors (Lipinski definition) is 8. The summed E-state index contributed by atoms with van der Waals surface area (Å²) in [6, 6.07) is 5.86. The largest absolute Gasteiger partial charge is 0.508 e. The van der Waals surface area contributed by atoms with E-state index in [-0.39, 0.29) is 37.3 Å². The predicted molar refractivity (Wildman–Crippen MR) is 123 cm³/mol. The summed E-state index contributed by atoms with van der Waals surface area (Å²) in [5.74, 6) is -2.42. The van der Waals surface area contributed by atoms with Crippen molar-refractivity contribution in [2.24, 2.45) is 17.2 Å². The highest BCUT2D eigenvalue weighted by Crippen LogP contribution is 2.30. The van der Waals surface area contributed by atoms with Gasteiger partial charge in [-0.05, 0) is 46.5 Å². The molecule has 182 valence electrons. The van der Waals surface area contributed by atoms with Crippen LogP contribution in [0, 0.1) is 0 Å². The molecule has 3 rings (SSSR count). The van der Waals surface area contributed by atoms with E-state index in [0.29, 0.717) is 22.3 Å². The van der Waals surface area contributed by atoms with Crippen molar-refractivity contribution in [3.05, 3.63) is 47.5 Å². The molecule has 1 aliphatic rings. The van der Waals surface area contributed by atoms with Crippen molar-refractivity contribution >= 4 is 17.7 Å². The van der Waals surface area contributed by atoms with Gasteiger partial charge in [0, 0.05) is 25.8 Å². The van der Waals surface area contributed by atoms with E-state index < -0.39 is 42.0 Å². The average molecular weight is 472 g/mol. The second-order valence-corrected chi connectivity index (χ2v) is 8.40. The number of aromatic hydroxyl groups is 2. The molecular formula is C23H29N5O6. The zero-order chi connectivity index (χ0) is 25.0. The molecule has 0 saturated carbocycles. The smallest absolute Gasteiger partial charge is 0.243 e. The Hall–Kier alpha value is -3.67. The first-order chi connectivity index (χ1) is 16.1. The number of hydrogen-bond acceptors (Lipinski definition) is 8. The van der Waals surface area contributed by atoms with Crippen LogP contribution in [-0.2, 0) is 27.2 Å². The fourth-order valence-electron chi connectivity index (χ4n) is 3.83. The lowest BCUT2D eigenvalue weighted by Gasteiger charge is -2.24. The van der Waals surface area contributed by atoms with E-state index in [2.05, 4.69) is 10.6 Å². The highest BCUT2D eigenvalue weighted by Gasteiger charge is 2.29. The maximum absolute atomic E-state index is 13.0. The lowest BCUT2D eigenvalue weighted by atomic mass is 9.95. The molecule has 0 radical (unpaired) electrons. The Morgan fingerprint density at radius 3 is 2.44 bits per heavy atom.